The van der Waals surface area contributed by atoms with E-state index in [0.717, 1.165) is 94.7 Å². The highest BCUT2D eigenvalue weighted by Crippen LogP contribution is 2.40. The van der Waals surface area contributed by atoms with Crippen molar-refractivity contribution in [2.45, 2.75) is 0 Å². The van der Waals surface area contributed by atoms with Crippen molar-refractivity contribution in [2.75, 3.05) is 0 Å². The summed E-state index contributed by atoms with van der Waals surface area (Å²) < 4.78 is 6.96. The average molecular weight is 805 g/mol. The van der Waals surface area contributed by atoms with Crippen molar-refractivity contribution >= 4 is 65.5 Å². The zero-order chi connectivity index (χ0) is 41.4. The molecule has 13 rings (SSSR count). The summed E-state index contributed by atoms with van der Waals surface area (Å²) in [5, 5.41) is 5.87. The van der Waals surface area contributed by atoms with Crippen molar-refractivity contribution in [2.24, 2.45) is 0 Å². The molecule has 0 aliphatic carbocycles. The van der Waals surface area contributed by atoms with E-state index in [1.807, 2.05) is 12.3 Å². The van der Waals surface area contributed by atoms with Crippen molar-refractivity contribution in [3.63, 3.8) is 0 Å². The van der Waals surface area contributed by atoms with Crippen LogP contribution >= 0.6 is 0 Å². The van der Waals surface area contributed by atoms with Gasteiger partial charge in [-0.1, -0.05) is 127 Å². The van der Waals surface area contributed by atoms with Crippen LogP contribution in [0, 0.1) is 0 Å². The average Bonchev–Trinajstić information content (AvgIpc) is 3.99. The lowest BCUT2D eigenvalue weighted by molar-refractivity contribution is 1.08. The summed E-state index contributed by atoms with van der Waals surface area (Å²) in [7, 11) is 0. The van der Waals surface area contributed by atoms with Gasteiger partial charge in [0.05, 0.1) is 50.5 Å². The van der Waals surface area contributed by atoms with E-state index in [1.165, 1.54) is 21.5 Å². The van der Waals surface area contributed by atoms with Crippen LogP contribution in [0.15, 0.2) is 219 Å². The summed E-state index contributed by atoms with van der Waals surface area (Å²) in [5.41, 5.74) is 16.4. The van der Waals surface area contributed by atoms with E-state index in [9.17, 15) is 0 Å². The second-order valence-electron chi connectivity index (χ2n) is 16.1. The first-order valence-corrected chi connectivity index (χ1v) is 21.3. The van der Waals surface area contributed by atoms with E-state index in [4.69, 9.17) is 9.97 Å². The summed E-state index contributed by atoms with van der Waals surface area (Å²) >= 11 is 0. The molecule has 5 aromatic heterocycles. The van der Waals surface area contributed by atoms with Crippen LogP contribution in [0.5, 0.6) is 0 Å². The fraction of sp³-hybridized carbons (Fsp3) is 0. The molecule has 0 amide bonds. The molecule has 6 nitrogen and oxygen atoms in total. The molecule has 0 aliphatic heterocycles. The highest BCUT2D eigenvalue weighted by molar-refractivity contribution is 6.13. The van der Waals surface area contributed by atoms with Crippen LogP contribution in [0.1, 0.15) is 0 Å². The topological polar surface area (TPSA) is 53.5 Å². The highest BCUT2D eigenvalue weighted by atomic mass is 15.1. The van der Waals surface area contributed by atoms with Gasteiger partial charge in [0.2, 0.25) is 0 Å². The van der Waals surface area contributed by atoms with Gasteiger partial charge < -0.3 is 9.13 Å². The minimum Gasteiger partial charge on any atom is -0.309 e. The van der Waals surface area contributed by atoms with Gasteiger partial charge in [0.1, 0.15) is 12.1 Å². The standard InChI is InChI=1S/C57H36N6/c1-4-14-37(15-5-1)41-32-49(38-16-6-2-7-17-38)60-56(33-41)63-51-23-13-11-21-45(51)47-31-40(25-28-53(47)63)39-24-27-52-46(30-39)44-20-10-12-22-50(44)62(52)43-26-29-54-48(34-43)57-55(35-58-36-59-57)61(54)42-18-8-3-9-19-42/h1-36H. The Balaban J connectivity index is 0.966. The van der Waals surface area contributed by atoms with Crippen molar-refractivity contribution in [1.29, 1.82) is 0 Å². The summed E-state index contributed by atoms with van der Waals surface area (Å²) in [6.07, 6.45) is 3.55. The first-order chi connectivity index (χ1) is 31.2. The van der Waals surface area contributed by atoms with Crippen LogP contribution in [0.3, 0.4) is 0 Å². The van der Waals surface area contributed by atoms with Gasteiger partial charge in [-0.25, -0.2) is 15.0 Å². The molecule has 0 spiro atoms. The fourth-order valence-electron chi connectivity index (χ4n) is 9.74. The van der Waals surface area contributed by atoms with Gasteiger partial charge in [0.15, 0.2) is 0 Å². The minimum atomic E-state index is 0.888. The SMILES string of the molecule is c1ccc(-c2cc(-c3ccccc3)nc(-n3c4ccccc4c4cc(-c5ccc6c(c5)c5ccccc5n6-c5ccc6c(c5)c5ncncc5n6-c5ccccc5)ccc43)c2)cc1. The third kappa shape index (κ3) is 5.55. The number of hydrogen-bond acceptors (Lipinski definition) is 3. The second-order valence-corrected chi connectivity index (χ2v) is 16.1. The molecule has 0 atom stereocenters. The van der Waals surface area contributed by atoms with Crippen LogP contribution in [-0.2, 0) is 0 Å². The zero-order valence-electron chi connectivity index (χ0n) is 34.0. The predicted octanol–water partition coefficient (Wildman–Crippen LogP) is 14.2. The van der Waals surface area contributed by atoms with Crippen LogP contribution in [0.2, 0.25) is 0 Å². The molecule has 0 saturated heterocycles. The maximum Gasteiger partial charge on any atom is 0.138 e. The molecular weight excluding hydrogens is 769 g/mol. The molecule has 8 aromatic carbocycles. The Bertz CT molecular complexity index is 3840. The molecule has 0 radical (unpaired) electrons. The molecular formula is C57H36N6. The molecule has 63 heavy (non-hydrogen) atoms. The third-order valence-corrected chi connectivity index (χ3v) is 12.6. The Hall–Kier alpha value is -8.61. The van der Waals surface area contributed by atoms with Crippen molar-refractivity contribution in [3.8, 4) is 50.7 Å². The predicted molar refractivity (Wildman–Crippen MR) is 259 cm³/mol. The Morgan fingerprint density at radius 1 is 0.317 bits per heavy atom. The molecule has 13 aromatic rings. The molecule has 0 aliphatic rings. The normalized spacial score (nSPS) is 11.8. The monoisotopic (exact) mass is 804 g/mol. The lowest BCUT2D eigenvalue weighted by Crippen LogP contribution is -2.00. The summed E-state index contributed by atoms with van der Waals surface area (Å²) in [4.78, 5) is 14.6. The molecule has 0 saturated carbocycles. The van der Waals surface area contributed by atoms with Crippen LogP contribution in [0.4, 0.5) is 0 Å². The molecule has 0 N–H and O–H groups in total. The van der Waals surface area contributed by atoms with E-state index in [1.54, 1.807) is 6.33 Å². The van der Waals surface area contributed by atoms with Crippen molar-refractivity contribution in [1.82, 2.24) is 28.7 Å². The number of pyridine rings is 1. The highest BCUT2D eigenvalue weighted by Gasteiger charge is 2.20. The Morgan fingerprint density at radius 2 is 0.857 bits per heavy atom. The van der Waals surface area contributed by atoms with Crippen molar-refractivity contribution < 1.29 is 0 Å². The van der Waals surface area contributed by atoms with E-state index in [0.29, 0.717) is 0 Å². The first kappa shape index (κ1) is 35.2. The number of rotatable bonds is 6. The van der Waals surface area contributed by atoms with E-state index in [-0.39, 0.29) is 0 Å². The third-order valence-electron chi connectivity index (χ3n) is 12.6. The number of benzene rings is 8. The lowest BCUT2D eigenvalue weighted by Gasteiger charge is -2.13. The fourth-order valence-corrected chi connectivity index (χ4v) is 9.74. The Labute approximate surface area is 362 Å². The van der Waals surface area contributed by atoms with Gasteiger partial charge in [0, 0.05) is 43.9 Å². The molecule has 6 heteroatoms. The quantitative estimate of drug-likeness (QED) is 0.168. The van der Waals surface area contributed by atoms with Gasteiger partial charge in [0.25, 0.3) is 0 Å². The lowest BCUT2D eigenvalue weighted by atomic mass is 10.0. The smallest absolute Gasteiger partial charge is 0.138 e. The summed E-state index contributed by atoms with van der Waals surface area (Å²) in [6, 6.07) is 73.8. The number of fused-ring (bicyclic) bond motifs is 9. The van der Waals surface area contributed by atoms with Gasteiger partial charge in [-0.3, -0.25) is 4.57 Å². The van der Waals surface area contributed by atoms with E-state index in [2.05, 4.69) is 219 Å². The Kier molecular flexibility index (Phi) is 7.80. The van der Waals surface area contributed by atoms with Crippen LogP contribution < -0.4 is 0 Å². The van der Waals surface area contributed by atoms with E-state index < -0.39 is 0 Å². The second kappa shape index (κ2) is 14.0. The van der Waals surface area contributed by atoms with Gasteiger partial charge in [-0.05, 0) is 101 Å². The number of nitrogens with zero attached hydrogens (tertiary/aromatic N) is 6. The van der Waals surface area contributed by atoms with Gasteiger partial charge in [-0.15, -0.1) is 0 Å². The molecule has 0 unspecified atom stereocenters. The van der Waals surface area contributed by atoms with Crippen molar-refractivity contribution in [3.05, 3.63) is 219 Å². The molecule has 294 valence electrons. The maximum absolute atomic E-state index is 5.34. The van der Waals surface area contributed by atoms with Crippen LogP contribution in [0.25, 0.3) is 116 Å². The summed E-state index contributed by atoms with van der Waals surface area (Å²) in [5.74, 6) is 0.888. The first-order valence-electron chi connectivity index (χ1n) is 21.3. The number of aromatic nitrogens is 6. The van der Waals surface area contributed by atoms with E-state index >= 15 is 0 Å². The molecule has 0 bridgehead atoms. The zero-order valence-corrected chi connectivity index (χ0v) is 34.0. The molecule has 5 heterocycles. The number of hydrogen-bond donors (Lipinski definition) is 0. The summed E-state index contributed by atoms with van der Waals surface area (Å²) in [6.45, 7) is 0. The Morgan fingerprint density at radius 3 is 1.56 bits per heavy atom. The maximum atomic E-state index is 5.34. The molecule has 0 fully saturated rings. The largest absolute Gasteiger partial charge is 0.309 e. The van der Waals surface area contributed by atoms with Crippen LogP contribution in [-0.4, -0.2) is 28.7 Å². The van der Waals surface area contributed by atoms with Gasteiger partial charge >= 0.3 is 0 Å². The van der Waals surface area contributed by atoms with Gasteiger partial charge in [-0.2, -0.15) is 0 Å². The minimum absolute atomic E-state index is 0.888. The number of para-hydroxylation sites is 3.